The second-order valence-electron chi connectivity index (χ2n) is 3.83. The Kier molecular flexibility index (Phi) is 4.26. The summed E-state index contributed by atoms with van der Waals surface area (Å²) in [6.45, 7) is 0.577. The molecule has 1 N–H and O–H groups in total. The van der Waals surface area contributed by atoms with Crippen molar-refractivity contribution < 1.29 is 17.5 Å². The molecule has 0 bridgehead atoms. The van der Waals surface area contributed by atoms with Crippen LogP contribution in [0.15, 0.2) is 24.5 Å². The third kappa shape index (κ3) is 4.59. The van der Waals surface area contributed by atoms with E-state index in [0.717, 1.165) is 5.69 Å². The third-order valence-electron chi connectivity index (χ3n) is 2.21. The number of hydrogen-bond donors (Lipinski definition) is 1. The molecule has 0 radical (unpaired) electrons. The summed E-state index contributed by atoms with van der Waals surface area (Å²) < 4.78 is 31.5. The summed E-state index contributed by atoms with van der Waals surface area (Å²) in [7, 11) is 0.0753. The maximum atomic E-state index is 10.5. The zero-order valence-corrected chi connectivity index (χ0v) is 10.3. The van der Waals surface area contributed by atoms with Gasteiger partial charge in [-0.1, -0.05) is 0 Å². The zero-order chi connectivity index (χ0) is 12.2. The molecule has 0 spiro atoms. The van der Waals surface area contributed by atoms with E-state index in [1.165, 1.54) is 0 Å². The van der Waals surface area contributed by atoms with Crippen molar-refractivity contribution in [3.05, 3.63) is 24.5 Å². The number of aromatic nitrogens is 1. The first kappa shape index (κ1) is 12.9. The van der Waals surface area contributed by atoms with Crippen LogP contribution in [0.25, 0.3) is 0 Å². The lowest BCUT2D eigenvalue weighted by molar-refractivity contribution is -0.696. The van der Waals surface area contributed by atoms with Crippen molar-refractivity contribution in [1.82, 2.24) is 0 Å². The Bertz CT molecular complexity index is 426. The van der Waals surface area contributed by atoms with E-state index in [2.05, 4.69) is 0 Å². The molecule has 90 valence electrons. The van der Waals surface area contributed by atoms with E-state index < -0.39 is 10.1 Å². The molecule has 0 saturated carbocycles. The van der Waals surface area contributed by atoms with Gasteiger partial charge in [0, 0.05) is 38.3 Å². The van der Waals surface area contributed by atoms with Crippen LogP contribution in [0, 0.1) is 0 Å². The fourth-order valence-corrected chi connectivity index (χ4v) is 1.82. The van der Waals surface area contributed by atoms with Crippen molar-refractivity contribution in [2.45, 2.75) is 13.0 Å². The molecule has 0 atom stereocenters. The van der Waals surface area contributed by atoms with Gasteiger partial charge >= 0.3 is 0 Å². The van der Waals surface area contributed by atoms with E-state index in [1.54, 1.807) is 0 Å². The highest BCUT2D eigenvalue weighted by molar-refractivity contribution is 7.85. The smallest absolute Gasteiger partial charge is 0.265 e. The topological polar surface area (TPSA) is 61.5 Å². The van der Waals surface area contributed by atoms with Crippen LogP contribution in [0.1, 0.15) is 6.42 Å². The minimum Gasteiger partial charge on any atom is -0.377 e. The second kappa shape index (κ2) is 5.27. The number of nitrogens with zero attached hydrogens (tertiary/aromatic N) is 2. The number of aryl methyl sites for hydroxylation is 1. The highest BCUT2D eigenvalue weighted by Crippen LogP contribution is 2.05. The maximum absolute atomic E-state index is 10.5. The maximum Gasteiger partial charge on any atom is 0.265 e. The monoisotopic (exact) mass is 245 g/mol. The third-order valence-corrected chi connectivity index (χ3v) is 3.01. The summed E-state index contributed by atoms with van der Waals surface area (Å²) in [5, 5.41) is 0. The van der Waals surface area contributed by atoms with Crippen LogP contribution in [-0.4, -0.2) is 32.8 Å². The van der Waals surface area contributed by atoms with Gasteiger partial charge in [0.05, 0.1) is 5.75 Å². The first-order chi connectivity index (χ1) is 7.38. The largest absolute Gasteiger partial charge is 0.377 e. The molecule has 0 aromatic carbocycles. The Balaban J connectivity index is 2.50. The average Bonchev–Trinajstić information content (AvgIpc) is 2.16. The van der Waals surface area contributed by atoms with Crippen LogP contribution in [0.3, 0.4) is 0 Å². The molecule has 0 amide bonds. The van der Waals surface area contributed by atoms with Crippen LogP contribution in [-0.2, 0) is 16.7 Å². The van der Waals surface area contributed by atoms with Gasteiger partial charge in [0.1, 0.15) is 6.54 Å². The van der Waals surface area contributed by atoms with E-state index in [0.29, 0.717) is 13.0 Å². The summed E-state index contributed by atoms with van der Waals surface area (Å²) in [5.41, 5.74) is 1.09. The Labute approximate surface area is 96.1 Å². The summed E-state index contributed by atoms with van der Waals surface area (Å²) in [4.78, 5) is 1.99. The quantitative estimate of drug-likeness (QED) is 0.599. The van der Waals surface area contributed by atoms with Crippen LogP contribution >= 0.6 is 0 Å². The van der Waals surface area contributed by atoms with Gasteiger partial charge in [0.15, 0.2) is 12.4 Å². The van der Waals surface area contributed by atoms with Crippen LogP contribution < -0.4 is 9.47 Å². The Morgan fingerprint density at radius 2 is 1.88 bits per heavy atom. The molecule has 16 heavy (non-hydrogen) atoms. The number of rotatable bonds is 5. The zero-order valence-electron chi connectivity index (χ0n) is 9.50. The molecule has 0 aliphatic heterocycles. The van der Waals surface area contributed by atoms with Crippen LogP contribution in [0.5, 0.6) is 0 Å². The lowest BCUT2D eigenvalue weighted by atomic mass is 10.3. The highest BCUT2D eigenvalue weighted by atomic mass is 32.2. The van der Waals surface area contributed by atoms with Gasteiger partial charge in [-0.05, 0) is 0 Å². The van der Waals surface area contributed by atoms with Crippen molar-refractivity contribution in [1.29, 1.82) is 0 Å². The number of hydrogen-bond acceptors (Lipinski definition) is 3. The normalized spacial score (nSPS) is 11.4. The van der Waals surface area contributed by atoms with Gasteiger partial charge in [-0.25, -0.2) is 4.57 Å². The molecule has 0 aliphatic rings. The van der Waals surface area contributed by atoms with Gasteiger partial charge in [0.2, 0.25) is 0 Å². The summed E-state index contributed by atoms with van der Waals surface area (Å²) in [6, 6.07) is 3.90. The van der Waals surface area contributed by atoms with Crippen molar-refractivity contribution in [2.75, 3.05) is 24.7 Å². The SMILES string of the molecule is CN(C)c1cc[n+](CCCS(=O)(=O)O)cc1. The summed E-state index contributed by atoms with van der Waals surface area (Å²) in [6.07, 6.45) is 4.18. The molecule has 1 aromatic heterocycles. The minimum absolute atomic E-state index is 0.199. The standard InChI is InChI=1S/C10H16N2O3S/c1-11(2)10-4-7-12(8-5-10)6-3-9-16(13,14)15/h4-5,7-8H,3,6,9H2,1-2H3/p+1. The lowest BCUT2D eigenvalue weighted by Crippen LogP contribution is -2.33. The molecule has 6 heteroatoms. The number of anilines is 1. The van der Waals surface area contributed by atoms with E-state index in [4.69, 9.17) is 4.55 Å². The summed E-state index contributed by atoms with van der Waals surface area (Å²) in [5.74, 6) is -0.199. The molecule has 1 aromatic rings. The summed E-state index contributed by atoms with van der Waals surface area (Å²) >= 11 is 0. The van der Waals surface area contributed by atoms with Gasteiger partial charge in [-0.3, -0.25) is 4.55 Å². The predicted molar refractivity (Wildman–Crippen MR) is 62.0 cm³/mol. The number of pyridine rings is 1. The minimum atomic E-state index is -3.84. The van der Waals surface area contributed by atoms with E-state index >= 15 is 0 Å². The highest BCUT2D eigenvalue weighted by Gasteiger charge is 2.07. The van der Waals surface area contributed by atoms with Gasteiger partial charge < -0.3 is 4.90 Å². The average molecular weight is 245 g/mol. The molecule has 0 fully saturated rings. The van der Waals surface area contributed by atoms with Gasteiger partial charge in [-0.15, -0.1) is 0 Å². The van der Waals surface area contributed by atoms with E-state index in [-0.39, 0.29) is 5.75 Å². The molecule has 0 saturated heterocycles. The van der Waals surface area contributed by atoms with Crippen LogP contribution in [0.4, 0.5) is 5.69 Å². The molecule has 1 heterocycles. The van der Waals surface area contributed by atoms with Crippen LogP contribution in [0.2, 0.25) is 0 Å². The Morgan fingerprint density at radius 1 is 1.31 bits per heavy atom. The van der Waals surface area contributed by atoms with Gasteiger partial charge in [0.25, 0.3) is 10.1 Å². The molecule has 1 rings (SSSR count). The van der Waals surface area contributed by atoms with Gasteiger partial charge in [-0.2, -0.15) is 8.42 Å². The molecular weight excluding hydrogens is 228 g/mol. The van der Waals surface area contributed by atoms with Crippen molar-refractivity contribution in [3.8, 4) is 0 Å². The van der Waals surface area contributed by atoms with Crippen molar-refractivity contribution in [3.63, 3.8) is 0 Å². The molecule has 0 unspecified atom stereocenters. The first-order valence-electron chi connectivity index (χ1n) is 5.00. The lowest BCUT2D eigenvalue weighted by Gasteiger charge is -2.10. The first-order valence-corrected chi connectivity index (χ1v) is 6.61. The Morgan fingerprint density at radius 3 is 2.31 bits per heavy atom. The molecule has 0 aliphatic carbocycles. The predicted octanol–water partition coefficient (Wildman–Crippen LogP) is 0.318. The molecule has 5 nitrogen and oxygen atoms in total. The van der Waals surface area contributed by atoms with E-state index in [1.807, 2.05) is 48.1 Å². The fourth-order valence-electron chi connectivity index (χ4n) is 1.33. The van der Waals surface area contributed by atoms with E-state index in [9.17, 15) is 8.42 Å². The van der Waals surface area contributed by atoms with Crippen molar-refractivity contribution in [2.24, 2.45) is 0 Å². The fraction of sp³-hybridized carbons (Fsp3) is 0.500. The Hall–Kier alpha value is -1.14. The van der Waals surface area contributed by atoms with Crippen molar-refractivity contribution >= 4 is 15.8 Å². The molecular formula is C10H17N2O3S+. The second-order valence-corrected chi connectivity index (χ2v) is 5.40.